The lowest BCUT2D eigenvalue weighted by atomic mass is 10.1. The lowest BCUT2D eigenvalue weighted by molar-refractivity contribution is -0.148. The SMILES string of the molecule is COC(=O)[C@@H]1CN(C(=O)c2cccs2)c2ccccc2O1. The molecular weight excluding hydrogens is 290 g/mol. The largest absolute Gasteiger partial charge is 0.475 e. The molecule has 0 saturated heterocycles. The molecule has 1 aliphatic heterocycles. The smallest absolute Gasteiger partial charge is 0.348 e. The number of fused-ring (bicyclic) bond motifs is 1. The van der Waals surface area contributed by atoms with Crippen molar-refractivity contribution in [3.63, 3.8) is 0 Å². The molecule has 0 saturated carbocycles. The van der Waals surface area contributed by atoms with Crippen molar-refractivity contribution in [1.82, 2.24) is 0 Å². The van der Waals surface area contributed by atoms with E-state index in [2.05, 4.69) is 0 Å². The molecule has 1 aromatic heterocycles. The minimum Gasteiger partial charge on any atom is -0.475 e. The Morgan fingerprint density at radius 2 is 2.10 bits per heavy atom. The first-order chi connectivity index (χ1) is 10.2. The molecule has 0 aliphatic carbocycles. The van der Waals surface area contributed by atoms with Crippen molar-refractivity contribution in [2.24, 2.45) is 0 Å². The number of methoxy groups -OCH3 is 1. The minimum atomic E-state index is -0.811. The summed E-state index contributed by atoms with van der Waals surface area (Å²) in [6.07, 6.45) is -0.811. The van der Waals surface area contributed by atoms with Crippen LogP contribution >= 0.6 is 11.3 Å². The van der Waals surface area contributed by atoms with Crippen LogP contribution in [-0.4, -0.2) is 31.6 Å². The zero-order valence-corrected chi connectivity index (χ0v) is 12.1. The summed E-state index contributed by atoms with van der Waals surface area (Å²) in [4.78, 5) is 26.5. The summed E-state index contributed by atoms with van der Waals surface area (Å²) >= 11 is 1.37. The summed E-state index contributed by atoms with van der Waals surface area (Å²) in [6.45, 7) is 0.139. The molecule has 1 amide bonds. The average molecular weight is 303 g/mol. The van der Waals surface area contributed by atoms with Gasteiger partial charge in [-0.1, -0.05) is 18.2 Å². The number of amides is 1. The standard InChI is InChI=1S/C15H13NO4S/c1-19-15(18)12-9-16(14(17)13-7-4-8-21-13)10-5-2-3-6-11(10)20-12/h2-8,12H,9H2,1H3/t12-/m0/s1. The van der Waals surface area contributed by atoms with Gasteiger partial charge in [0.15, 0.2) is 0 Å². The molecular formula is C15H13NO4S. The van der Waals surface area contributed by atoms with Crippen LogP contribution in [0.3, 0.4) is 0 Å². The summed E-state index contributed by atoms with van der Waals surface area (Å²) in [7, 11) is 1.30. The Morgan fingerprint density at radius 1 is 1.29 bits per heavy atom. The van der Waals surface area contributed by atoms with Gasteiger partial charge in [0.2, 0.25) is 6.10 Å². The zero-order chi connectivity index (χ0) is 14.8. The number of carbonyl (C=O) groups is 2. The van der Waals surface area contributed by atoms with Gasteiger partial charge in [0.1, 0.15) is 5.75 Å². The van der Waals surface area contributed by atoms with Gasteiger partial charge in [0.25, 0.3) is 5.91 Å². The number of thiophene rings is 1. The molecule has 0 unspecified atom stereocenters. The van der Waals surface area contributed by atoms with Crippen LogP contribution < -0.4 is 9.64 Å². The highest BCUT2D eigenvalue weighted by molar-refractivity contribution is 7.12. The van der Waals surface area contributed by atoms with Gasteiger partial charge in [-0.05, 0) is 23.6 Å². The third kappa shape index (κ3) is 2.50. The van der Waals surface area contributed by atoms with Gasteiger partial charge in [0, 0.05) is 0 Å². The van der Waals surface area contributed by atoms with E-state index < -0.39 is 12.1 Å². The fourth-order valence-electron chi connectivity index (χ4n) is 2.21. The molecule has 0 N–H and O–H groups in total. The van der Waals surface area contributed by atoms with Crippen LogP contribution in [0.5, 0.6) is 5.75 Å². The predicted molar refractivity (Wildman–Crippen MR) is 78.9 cm³/mol. The fourth-order valence-corrected chi connectivity index (χ4v) is 2.89. The highest BCUT2D eigenvalue weighted by Gasteiger charge is 2.34. The third-order valence-corrected chi connectivity index (χ3v) is 4.07. The molecule has 2 heterocycles. The third-order valence-electron chi connectivity index (χ3n) is 3.21. The molecule has 5 nitrogen and oxygen atoms in total. The summed E-state index contributed by atoms with van der Waals surface area (Å²) < 4.78 is 10.3. The number of benzene rings is 1. The van der Waals surface area contributed by atoms with Gasteiger partial charge in [-0.25, -0.2) is 4.79 Å². The number of hydrogen-bond acceptors (Lipinski definition) is 5. The minimum absolute atomic E-state index is 0.139. The van der Waals surface area contributed by atoms with Crippen molar-refractivity contribution in [1.29, 1.82) is 0 Å². The zero-order valence-electron chi connectivity index (χ0n) is 11.3. The van der Waals surface area contributed by atoms with Crippen LogP contribution in [0.1, 0.15) is 9.67 Å². The molecule has 3 rings (SSSR count). The Labute approximate surface area is 125 Å². The Morgan fingerprint density at radius 3 is 2.81 bits per heavy atom. The van der Waals surface area contributed by atoms with E-state index in [9.17, 15) is 9.59 Å². The van der Waals surface area contributed by atoms with Crippen molar-refractivity contribution >= 4 is 28.9 Å². The summed E-state index contributed by atoms with van der Waals surface area (Å²) in [6, 6.07) is 10.7. The second-order valence-corrected chi connectivity index (χ2v) is 5.44. The van der Waals surface area contributed by atoms with Crippen LogP contribution in [-0.2, 0) is 9.53 Å². The van der Waals surface area contributed by atoms with E-state index >= 15 is 0 Å². The number of para-hydroxylation sites is 2. The Bertz CT molecular complexity index is 668. The molecule has 1 aromatic carbocycles. The quantitative estimate of drug-likeness (QED) is 0.799. The topological polar surface area (TPSA) is 55.8 Å². The van der Waals surface area contributed by atoms with Crippen molar-refractivity contribution in [3.8, 4) is 5.75 Å². The first kappa shape index (κ1) is 13.6. The van der Waals surface area contributed by atoms with Crippen LogP contribution in [0.2, 0.25) is 0 Å². The summed E-state index contributed by atoms with van der Waals surface area (Å²) in [5, 5.41) is 1.84. The maximum atomic E-state index is 12.6. The molecule has 2 aromatic rings. The number of ether oxygens (including phenoxy) is 2. The van der Waals surface area contributed by atoms with Crippen LogP contribution in [0.25, 0.3) is 0 Å². The van der Waals surface area contributed by atoms with E-state index in [1.807, 2.05) is 17.5 Å². The van der Waals surface area contributed by atoms with E-state index in [-0.39, 0.29) is 12.5 Å². The van der Waals surface area contributed by atoms with Gasteiger partial charge >= 0.3 is 5.97 Å². The van der Waals surface area contributed by atoms with Gasteiger partial charge in [-0.15, -0.1) is 11.3 Å². The maximum Gasteiger partial charge on any atom is 0.348 e. The Kier molecular flexibility index (Phi) is 3.62. The van der Waals surface area contributed by atoms with E-state index in [1.54, 1.807) is 29.2 Å². The Balaban J connectivity index is 1.98. The molecule has 108 valence electrons. The fraction of sp³-hybridized carbons (Fsp3) is 0.200. The lowest BCUT2D eigenvalue weighted by Crippen LogP contribution is -2.47. The van der Waals surface area contributed by atoms with E-state index in [0.29, 0.717) is 16.3 Å². The molecule has 0 fully saturated rings. The van der Waals surface area contributed by atoms with Gasteiger partial charge < -0.3 is 9.47 Å². The number of anilines is 1. The monoisotopic (exact) mass is 303 g/mol. The number of esters is 1. The molecule has 1 aliphatic rings. The predicted octanol–water partition coefficient (Wildman–Crippen LogP) is 2.33. The molecule has 1 atom stereocenters. The summed E-state index contributed by atoms with van der Waals surface area (Å²) in [5.41, 5.74) is 0.663. The summed E-state index contributed by atoms with van der Waals surface area (Å²) in [5.74, 6) is -0.132. The number of carbonyl (C=O) groups excluding carboxylic acids is 2. The van der Waals surface area contributed by atoms with Crippen molar-refractivity contribution in [2.75, 3.05) is 18.6 Å². The molecule has 21 heavy (non-hydrogen) atoms. The maximum absolute atomic E-state index is 12.6. The normalized spacial score (nSPS) is 16.8. The molecule has 0 radical (unpaired) electrons. The number of rotatable bonds is 2. The highest BCUT2D eigenvalue weighted by Crippen LogP contribution is 2.34. The van der Waals surface area contributed by atoms with E-state index in [0.717, 1.165) is 0 Å². The highest BCUT2D eigenvalue weighted by atomic mass is 32.1. The van der Waals surface area contributed by atoms with Crippen LogP contribution in [0.15, 0.2) is 41.8 Å². The van der Waals surface area contributed by atoms with Crippen molar-refractivity contribution in [3.05, 3.63) is 46.7 Å². The van der Waals surface area contributed by atoms with Gasteiger partial charge in [-0.3, -0.25) is 9.69 Å². The molecule has 0 spiro atoms. The van der Waals surface area contributed by atoms with Gasteiger partial charge in [-0.2, -0.15) is 0 Å². The Hall–Kier alpha value is -2.34. The lowest BCUT2D eigenvalue weighted by Gasteiger charge is -2.33. The van der Waals surface area contributed by atoms with Crippen molar-refractivity contribution < 1.29 is 19.1 Å². The van der Waals surface area contributed by atoms with Gasteiger partial charge in [0.05, 0.1) is 24.2 Å². The molecule has 6 heteroatoms. The first-order valence-electron chi connectivity index (χ1n) is 6.39. The number of nitrogens with zero attached hydrogens (tertiary/aromatic N) is 1. The second-order valence-electron chi connectivity index (χ2n) is 4.49. The van der Waals surface area contributed by atoms with Crippen molar-refractivity contribution in [2.45, 2.75) is 6.10 Å². The average Bonchev–Trinajstić information content (AvgIpc) is 3.06. The first-order valence-corrected chi connectivity index (χ1v) is 7.27. The van der Waals surface area contributed by atoms with Crippen LogP contribution in [0.4, 0.5) is 5.69 Å². The number of hydrogen-bond donors (Lipinski definition) is 0. The second kappa shape index (κ2) is 5.57. The molecule has 0 bridgehead atoms. The van der Waals surface area contributed by atoms with E-state index in [1.165, 1.54) is 18.4 Å². The van der Waals surface area contributed by atoms with E-state index in [4.69, 9.17) is 9.47 Å². The van der Waals surface area contributed by atoms with Crippen LogP contribution in [0, 0.1) is 0 Å².